The van der Waals surface area contributed by atoms with Gasteiger partial charge in [-0.15, -0.1) is 5.10 Å². The lowest BCUT2D eigenvalue weighted by molar-refractivity contribution is 0.322. The molecular weight excluding hydrogens is 268 g/mol. The van der Waals surface area contributed by atoms with E-state index < -0.39 is 0 Å². The molecule has 112 valence electrons. The van der Waals surface area contributed by atoms with Crippen LogP contribution in [0.4, 0.5) is 11.7 Å². The fraction of sp³-hybridized carbons (Fsp3) is 0.467. The second-order valence-corrected chi connectivity index (χ2v) is 5.34. The Bertz CT molecular complexity index is 597. The molecule has 2 aromatic rings. The average Bonchev–Trinajstić information content (AvgIpc) is 2.84. The zero-order chi connectivity index (χ0) is 14.7. The van der Waals surface area contributed by atoms with E-state index in [1.165, 1.54) is 0 Å². The Morgan fingerprint density at radius 2 is 2.14 bits per heavy atom. The number of hydrogen-bond acceptors (Lipinski definition) is 6. The zero-order valence-corrected chi connectivity index (χ0v) is 12.4. The van der Waals surface area contributed by atoms with Gasteiger partial charge in [0.15, 0.2) is 0 Å². The third-order valence-corrected chi connectivity index (χ3v) is 3.29. The molecule has 0 unspecified atom stereocenters. The van der Waals surface area contributed by atoms with E-state index >= 15 is 0 Å². The summed E-state index contributed by atoms with van der Waals surface area (Å²) in [5.74, 6) is 1.46. The first-order valence-electron chi connectivity index (χ1n) is 7.29. The van der Waals surface area contributed by atoms with E-state index in [0.717, 1.165) is 24.4 Å². The number of nitrogens with one attached hydrogen (secondary N) is 1. The van der Waals surface area contributed by atoms with Crippen molar-refractivity contribution in [2.24, 2.45) is 0 Å². The highest BCUT2D eigenvalue weighted by atomic mass is 16.5. The maximum absolute atomic E-state index is 5.77. The molecule has 0 fully saturated rings. The summed E-state index contributed by atoms with van der Waals surface area (Å²) in [6.45, 7) is 6.25. The van der Waals surface area contributed by atoms with E-state index in [2.05, 4.69) is 29.4 Å². The Balaban J connectivity index is 1.83. The Morgan fingerprint density at radius 1 is 1.29 bits per heavy atom. The van der Waals surface area contributed by atoms with Crippen molar-refractivity contribution >= 4 is 11.7 Å². The summed E-state index contributed by atoms with van der Waals surface area (Å²) in [5.41, 5.74) is 0.974. The van der Waals surface area contributed by atoms with Crippen LogP contribution in [0.1, 0.15) is 26.2 Å². The lowest BCUT2D eigenvalue weighted by Crippen LogP contribution is -2.22. The number of anilines is 2. The summed E-state index contributed by atoms with van der Waals surface area (Å²) in [6, 6.07) is 8.83. The van der Waals surface area contributed by atoms with E-state index in [-0.39, 0.29) is 0 Å². The molecule has 1 aromatic carbocycles. The van der Waals surface area contributed by atoms with E-state index in [1.54, 1.807) is 0 Å². The molecule has 1 N–H and O–H groups in total. The molecule has 0 saturated heterocycles. The van der Waals surface area contributed by atoms with E-state index in [1.807, 2.05) is 29.2 Å². The Hall–Kier alpha value is -2.08. The standard InChI is InChI=1S/C15H20N4O2/c1-11(2)16-10-14-17-18-15(21-14)19-8-5-9-20-13-7-4-3-6-12(13)19/h3-4,6-7,11,16H,5,8-10H2,1-2H3. The van der Waals surface area contributed by atoms with Crippen LogP contribution < -0.4 is 15.0 Å². The predicted octanol–water partition coefficient (Wildman–Crippen LogP) is 2.49. The number of para-hydroxylation sites is 2. The van der Waals surface area contributed by atoms with Crippen LogP contribution in [0.5, 0.6) is 5.75 Å². The van der Waals surface area contributed by atoms with E-state index in [0.29, 0.717) is 31.1 Å². The van der Waals surface area contributed by atoms with Gasteiger partial charge in [0.05, 0.1) is 18.8 Å². The normalized spacial score (nSPS) is 14.7. The minimum Gasteiger partial charge on any atom is -0.491 e. The van der Waals surface area contributed by atoms with Crippen LogP contribution in [-0.4, -0.2) is 29.4 Å². The highest BCUT2D eigenvalue weighted by molar-refractivity contribution is 5.64. The quantitative estimate of drug-likeness (QED) is 0.932. The molecule has 21 heavy (non-hydrogen) atoms. The van der Waals surface area contributed by atoms with Crippen LogP contribution in [-0.2, 0) is 6.54 Å². The molecule has 6 heteroatoms. The third-order valence-electron chi connectivity index (χ3n) is 3.29. The summed E-state index contributed by atoms with van der Waals surface area (Å²) >= 11 is 0. The van der Waals surface area contributed by atoms with Gasteiger partial charge in [0.1, 0.15) is 5.75 Å². The van der Waals surface area contributed by atoms with Crippen molar-refractivity contribution in [2.75, 3.05) is 18.1 Å². The summed E-state index contributed by atoms with van der Waals surface area (Å²) in [4.78, 5) is 2.02. The molecule has 0 amide bonds. The molecular formula is C15H20N4O2. The molecule has 2 heterocycles. The largest absolute Gasteiger partial charge is 0.491 e. The van der Waals surface area contributed by atoms with Crippen LogP contribution in [0.2, 0.25) is 0 Å². The Morgan fingerprint density at radius 3 is 3.00 bits per heavy atom. The highest BCUT2D eigenvalue weighted by Gasteiger charge is 2.22. The fourth-order valence-corrected chi connectivity index (χ4v) is 2.24. The van der Waals surface area contributed by atoms with Crippen molar-refractivity contribution < 1.29 is 9.15 Å². The lowest BCUT2D eigenvalue weighted by atomic mass is 10.2. The number of rotatable bonds is 4. The monoisotopic (exact) mass is 288 g/mol. The molecule has 0 spiro atoms. The van der Waals surface area contributed by atoms with Gasteiger partial charge >= 0.3 is 6.01 Å². The smallest absolute Gasteiger partial charge is 0.322 e. The van der Waals surface area contributed by atoms with Crippen LogP contribution in [0, 0.1) is 0 Å². The lowest BCUT2D eigenvalue weighted by Gasteiger charge is -2.18. The zero-order valence-electron chi connectivity index (χ0n) is 12.4. The second-order valence-electron chi connectivity index (χ2n) is 5.34. The summed E-state index contributed by atoms with van der Waals surface area (Å²) < 4.78 is 11.5. The van der Waals surface area contributed by atoms with Gasteiger partial charge < -0.3 is 14.5 Å². The molecule has 0 aliphatic carbocycles. The molecule has 3 rings (SSSR count). The van der Waals surface area contributed by atoms with Crippen LogP contribution in [0.25, 0.3) is 0 Å². The fourth-order valence-electron chi connectivity index (χ4n) is 2.24. The van der Waals surface area contributed by atoms with Gasteiger partial charge in [0.25, 0.3) is 0 Å². The molecule has 0 radical (unpaired) electrons. The number of nitrogens with zero attached hydrogens (tertiary/aromatic N) is 3. The predicted molar refractivity (Wildman–Crippen MR) is 79.8 cm³/mol. The van der Waals surface area contributed by atoms with Crippen molar-refractivity contribution in [2.45, 2.75) is 32.9 Å². The average molecular weight is 288 g/mol. The van der Waals surface area contributed by atoms with Gasteiger partial charge in [-0.05, 0) is 18.6 Å². The SMILES string of the molecule is CC(C)NCc1nnc(N2CCCOc3ccccc32)o1. The van der Waals surface area contributed by atoms with Crippen molar-refractivity contribution in [1.29, 1.82) is 0 Å². The Labute approximate surface area is 124 Å². The van der Waals surface area contributed by atoms with Crippen molar-refractivity contribution in [3.63, 3.8) is 0 Å². The molecule has 1 aliphatic rings. The van der Waals surface area contributed by atoms with Crippen LogP contribution in [0.15, 0.2) is 28.7 Å². The van der Waals surface area contributed by atoms with Crippen molar-refractivity contribution in [1.82, 2.24) is 15.5 Å². The molecule has 0 bridgehead atoms. The molecule has 0 saturated carbocycles. The number of hydrogen-bond donors (Lipinski definition) is 1. The maximum atomic E-state index is 5.77. The topological polar surface area (TPSA) is 63.4 Å². The minimum atomic E-state index is 0.382. The van der Waals surface area contributed by atoms with Gasteiger partial charge in [-0.1, -0.05) is 31.1 Å². The van der Waals surface area contributed by atoms with E-state index in [4.69, 9.17) is 9.15 Å². The Kier molecular flexibility index (Phi) is 4.06. The first-order valence-corrected chi connectivity index (χ1v) is 7.29. The summed E-state index contributed by atoms with van der Waals surface area (Å²) in [6.07, 6.45) is 0.913. The molecule has 1 aliphatic heterocycles. The van der Waals surface area contributed by atoms with Gasteiger partial charge in [-0.2, -0.15) is 0 Å². The van der Waals surface area contributed by atoms with Gasteiger partial charge in [0, 0.05) is 12.6 Å². The number of fused-ring (bicyclic) bond motifs is 1. The second kappa shape index (κ2) is 6.13. The maximum Gasteiger partial charge on any atom is 0.322 e. The van der Waals surface area contributed by atoms with Gasteiger partial charge in [0.2, 0.25) is 5.89 Å². The van der Waals surface area contributed by atoms with Gasteiger partial charge in [-0.3, -0.25) is 4.90 Å². The third kappa shape index (κ3) is 3.16. The van der Waals surface area contributed by atoms with Crippen molar-refractivity contribution in [3.8, 4) is 5.75 Å². The number of benzene rings is 1. The first-order chi connectivity index (χ1) is 10.2. The molecule has 0 atom stereocenters. The van der Waals surface area contributed by atoms with E-state index in [9.17, 15) is 0 Å². The minimum absolute atomic E-state index is 0.382. The van der Waals surface area contributed by atoms with Crippen LogP contribution >= 0.6 is 0 Å². The molecule has 1 aromatic heterocycles. The number of aromatic nitrogens is 2. The van der Waals surface area contributed by atoms with Crippen molar-refractivity contribution in [3.05, 3.63) is 30.2 Å². The highest BCUT2D eigenvalue weighted by Crippen LogP contribution is 2.34. The number of ether oxygens (including phenoxy) is 1. The van der Waals surface area contributed by atoms with Crippen LogP contribution in [0.3, 0.4) is 0 Å². The summed E-state index contributed by atoms with van der Waals surface area (Å²) in [5, 5.41) is 11.5. The summed E-state index contributed by atoms with van der Waals surface area (Å²) in [7, 11) is 0. The first kappa shape index (κ1) is 13.9. The molecule has 6 nitrogen and oxygen atoms in total. The van der Waals surface area contributed by atoms with Gasteiger partial charge in [-0.25, -0.2) is 0 Å².